The van der Waals surface area contributed by atoms with Gasteiger partial charge in [-0.3, -0.25) is 9.59 Å². The van der Waals surface area contributed by atoms with Gasteiger partial charge in [-0.2, -0.15) is 0 Å². The van der Waals surface area contributed by atoms with Crippen molar-refractivity contribution in [3.63, 3.8) is 0 Å². The standard InChI is InChI=1S/C62H115NO5/c1-3-5-7-9-11-13-15-17-19-21-23-24-25-27-30-34-38-42-46-50-54-60(65)59(58-64)63-61(66)55-51-47-43-39-35-31-29-33-37-41-45-49-53-57-68-62(67)56-52-48-44-40-36-32-28-26-22-20-18-16-14-12-10-8-6-4-2/h14,16,20,22,31,35,43,47,59-60,64-65H,3-13,15,17-19,21,23-30,32-34,36-42,44-46,48-58H2,1-2H3,(H,63,66)/b16-14-,22-20-,35-31-,47-43-. The van der Waals surface area contributed by atoms with Crippen LogP contribution in [0.1, 0.15) is 309 Å². The first-order valence-corrected chi connectivity index (χ1v) is 29.9. The first-order chi connectivity index (χ1) is 33.5. The van der Waals surface area contributed by atoms with Gasteiger partial charge in [0.1, 0.15) is 0 Å². The Hall–Kier alpha value is -2.18. The van der Waals surface area contributed by atoms with E-state index in [0.717, 1.165) is 57.8 Å². The van der Waals surface area contributed by atoms with Gasteiger partial charge in [-0.1, -0.05) is 268 Å². The van der Waals surface area contributed by atoms with Gasteiger partial charge >= 0.3 is 5.97 Å². The second-order valence-corrected chi connectivity index (χ2v) is 20.3. The highest BCUT2D eigenvalue weighted by atomic mass is 16.5. The number of hydrogen-bond acceptors (Lipinski definition) is 5. The zero-order valence-electron chi connectivity index (χ0n) is 45.3. The maximum Gasteiger partial charge on any atom is 0.305 e. The van der Waals surface area contributed by atoms with Crippen LogP contribution in [0.25, 0.3) is 0 Å². The van der Waals surface area contributed by atoms with Crippen molar-refractivity contribution in [1.82, 2.24) is 5.32 Å². The summed E-state index contributed by atoms with van der Waals surface area (Å²) >= 11 is 0. The van der Waals surface area contributed by atoms with Crippen molar-refractivity contribution < 1.29 is 24.5 Å². The molecule has 0 aromatic carbocycles. The summed E-state index contributed by atoms with van der Waals surface area (Å²) < 4.78 is 5.47. The number of aliphatic hydroxyl groups is 2. The normalized spacial score (nSPS) is 12.9. The topological polar surface area (TPSA) is 95.9 Å². The molecule has 398 valence electrons. The Morgan fingerprint density at radius 1 is 0.412 bits per heavy atom. The van der Waals surface area contributed by atoms with Crippen LogP contribution in [0.15, 0.2) is 48.6 Å². The SMILES string of the molecule is CCCCCC/C=C\C/C=C\CCCCCCCCCC(=O)OCCCCCCCC/C=C\C/C=C\CCC(=O)NC(CO)C(O)CCCCCCCCCCCCCCCCCCCCCC. The lowest BCUT2D eigenvalue weighted by atomic mass is 10.0. The maximum absolute atomic E-state index is 12.5. The van der Waals surface area contributed by atoms with Gasteiger partial charge in [0.2, 0.25) is 5.91 Å². The molecule has 0 heterocycles. The molecule has 0 aromatic heterocycles. The molecule has 2 unspecified atom stereocenters. The van der Waals surface area contributed by atoms with Crippen molar-refractivity contribution in [3.8, 4) is 0 Å². The van der Waals surface area contributed by atoms with Gasteiger partial charge in [0, 0.05) is 12.8 Å². The predicted octanol–water partition coefficient (Wildman–Crippen LogP) is 18.6. The van der Waals surface area contributed by atoms with E-state index in [9.17, 15) is 19.8 Å². The lowest BCUT2D eigenvalue weighted by molar-refractivity contribution is -0.143. The summed E-state index contributed by atoms with van der Waals surface area (Å²) in [4.78, 5) is 24.5. The fraction of sp³-hybridized carbons (Fsp3) is 0.839. The number of nitrogens with one attached hydrogen (secondary N) is 1. The van der Waals surface area contributed by atoms with Crippen LogP contribution < -0.4 is 5.32 Å². The van der Waals surface area contributed by atoms with Crippen LogP contribution in [0.5, 0.6) is 0 Å². The van der Waals surface area contributed by atoms with E-state index in [1.807, 2.05) is 6.08 Å². The molecule has 0 spiro atoms. The molecule has 3 N–H and O–H groups in total. The summed E-state index contributed by atoms with van der Waals surface area (Å²) in [6.07, 6.45) is 72.6. The minimum atomic E-state index is -0.701. The second kappa shape index (κ2) is 57.4. The summed E-state index contributed by atoms with van der Waals surface area (Å²) in [5.41, 5.74) is 0. The van der Waals surface area contributed by atoms with Crippen molar-refractivity contribution in [1.29, 1.82) is 0 Å². The third kappa shape index (κ3) is 53.2. The number of aliphatic hydroxyl groups excluding tert-OH is 2. The van der Waals surface area contributed by atoms with E-state index in [1.165, 1.54) is 212 Å². The molecule has 0 aliphatic carbocycles. The van der Waals surface area contributed by atoms with E-state index in [1.54, 1.807) is 0 Å². The third-order valence-corrected chi connectivity index (χ3v) is 13.6. The number of carbonyl (C=O) groups is 2. The molecule has 0 aliphatic heterocycles. The Bertz CT molecular complexity index is 1150. The fourth-order valence-electron chi connectivity index (χ4n) is 9.01. The highest BCUT2D eigenvalue weighted by Gasteiger charge is 2.19. The number of allylic oxidation sites excluding steroid dienone is 8. The maximum atomic E-state index is 12.5. The molecule has 0 saturated carbocycles. The van der Waals surface area contributed by atoms with Gasteiger partial charge < -0.3 is 20.3 Å². The Balaban J connectivity index is 3.54. The van der Waals surface area contributed by atoms with Crippen LogP contribution in [0.2, 0.25) is 0 Å². The number of hydrogen-bond donors (Lipinski definition) is 3. The number of esters is 1. The van der Waals surface area contributed by atoms with Gasteiger partial charge in [-0.05, 0) is 77.0 Å². The predicted molar refractivity (Wildman–Crippen MR) is 296 cm³/mol. The molecule has 0 fully saturated rings. The van der Waals surface area contributed by atoms with Crippen LogP contribution in [0.3, 0.4) is 0 Å². The van der Waals surface area contributed by atoms with Gasteiger partial charge in [-0.25, -0.2) is 0 Å². The van der Waals surface area contributed by atoms with E-state index in [2.05, 4.69) is 61.7 Å². The molecular weight excluding hydrogens is 839 g/mol. The van der Waals surface area contributed by atoms with Crippen molar-refractivity contribution in [3.05, 3.63) is 48.6 Å². The van der Waals surface area contributed by atoms with Gasteiger partial charge in [0.25, 0.3) is 0 Å². The van der Waals surface area contributed by atoms with Crippen molar-refractivity contribution >= 4 is 11.9 Å². The van der Waals surface area contributed by atoms with Crippen LogP contribution in [-0.4, -0.2) is 47.4 Å². The molecule has 0 aromatic rings. The molecule has 0 bridgehead atoms. The first kappa shape index (κ1) is 65.8. The average molecular weight is 955 g/mol. The number of rotatable bonds is 55. The molecule has 0 saturated heterocycles. The molecule has 2 atom stereocenters. The quantitative estimate of drug-likeness (QED) is 0.0321. The second-order valence-electron chi connectivity index (χ2n) is 20.3. The Morgan fingerprint density at radius 2 is 0.750 bits per heavy atom. The zero-order chi connectivity index (χ0) is 49.3. The molecule has 0 rings (SSSR count). The van der Waals surface area contributed by atoms with Gasteiger partial charge in [-0.15, -0.1) is 0 Å². The van der Waals surface area contributed by atoms with E-state index in [0.29, 0.717) is 32.3 Å². The van der Waals surface area contributed by atoms with E-state index < -0.39 is 12.1 Å². The molecule has 0 aliphatic rings. The van der Waals surface area contributed by atoms with Crippen molar-refractivity contribution in [2.45, 2.75) is 321 Å². The highest BCUT2D eigenvalue weighted by molar-refractivity contribution is 5.76. The summed E-state index contributed by atoms with van der Waals surface area (Å²) in [6, 6.07) is -0.588. The minimum absolute atomic E-state index is 0.0242. The smallest absolute Gasteiger partial charge is 0.305 e. The molecule has 1 amide bonds. The molecule has 6 nitrogen and oxygen atoms in total. The third-order valence-electron chi connectivity index (χ3n) is 13.6. The van der Waals surface area contributed by atoms with Crippen LogP contribution in [0, 0.1) is 0 Å². The number of amides is 1. The van der Waals surface area contributed by atoms with Crippen LogP contribution in [-0.2, 0) is 14.3 Å². The summed E-state index contributed by atoms with van der Waals surface area (Å²) in [6.45, 7) is 4.88. The first-order valence-electron chi connectivity index (χ1n) is 29.9. The summed E-state index contributed by atoms with van der Waals surface area (Å²) in [5, 5.41) is 23.3. The monoisotopic (exact) mass is 954 g/mol. The van der Waals surface area contributed by atoms with Crippen LogP contribution >= 0.6 is 0 Å². The van der Waals surface area contributed by atoms with E-state index >= 15 is 0 Å². The number of carbonyl (C=O) groups excluding carboxylic acids is 2. The summed E-state index contributed by atoms with van der Waals surface area (Å²) in [5.74, 6) is -0.139. The highest BCUT2D eigenvalue weighted by Crippen LogP contribution is 2.17. The largest absolute Gasteiger partial charge is 0.466 e. The Kier molecular flexibility index (Phi) is 55.6. The number of unbranched alkanes of at least 4 members (excludes halogenated alkanes) is 36. The minimum Gasteiger partial charge on any atom is -0.466 e. The average Bonchev–Trinajstić information content (AvgIpc) is 3.34. The molecule has 6 heteroatoms. The lowest BCUT2D eigenvalue weighted by Crippen LogP contribution is -2.45. The lowest BCUT2D eigenvalue weighted by Gasteiger charge is -2.22. The molecule has 0 radical (unpaired) electrons. The Morgan fingerprint density at radius 3 is 1.16 bits per heavy atom. The van der Waals surface area contributed by atoms with Gasteiger partial charge in [0.15, 0.2) is 0 Å². The van der Waals surface area contributed by atoms with Gasteiger partial charge in [0.05, 0.1) is 25.4 Å². The van der Waals surface area contributed by atoms with Crippen molar-refractivity contribution in [2.75, 3.05) is 13.2 Å². The fourth-order valence-corrected chi connectivity index (χ4v) is 9.01. The van der Waals surface area contributed by atoms with E-state index in [4.69, 9.17) is 4.74 Å². The van der Waals surface area contributed by atoms with E-state index in [-0.39, 0.29) is 18.5 Å². The van der Waals surface area contributed by atoms with Crippen molar-refractivity contribution in [2.24, 2.45) is 0 Å². The molecular formula is C62H115NO5. The summed E-state index contributed by atoms with van der Waals surface area (Å²) in [7, 11) is 0. The Labute approximate surface area is 423 Å². The zero-order valence-corrected chi connectivity index (χ0v) is 45.3. The molecule has 68 heavy (non-hydrogen) atoms. The number of ether oxygens (including phenoxy) is 1. The van der Waals surface area contributed by atoms with Crippen LogP contribution in [0.4, 0.5) is 0 Å².